The number of hydrogen-bond acceptors (Lipinski definition) is 5. The number of aromatic nitrogens is 3. The van der Waals surface area contributed by atoms with Crippen LogP contribution >= 0.6 is 0 Å². The van der Waals surface area contributed by atoms with E-state index in [0.717, 1.165) is 6.07 Å². The van der Waals surface area contributed by atoms with Crippen LogP contribution in [0.4, 0.5) is 19.0 Å². The van der Waals surface area contributed by atoms with Gasteiger partial charge in [0.2, 0.25) is 0 Å². The molecule has 0 saturated heterocycles. The largest absolute Gasteiger partial charge is 0.507 e. The van der Waals surface area contributed by atoms with Crippen LogP contribution in [0.3, 0.4) is 0 Å². The number of alkyl halides is 3. The van der Waals surface area contributed by atoms with Gasteiger partial charge in [-0.15, -0.1) is 0 Å². The molecule has 3 rings (SSSR count). The van der Waals surface area contributed by atoms with Crippen LogP contribution in [0.15, 0.2) is 48.7 Å². The number of nitrogens with one attached hydrogen (secondary N) is 1. The Labute approximate surface area is 147 Å². The van der Waals surface area contributed by atoms with Gasteiger partial charge in [0.1, 0.15) is 11.6 Å². The Morgan fingerprint density at radius 2 is 1.88 bits per heavy atom. The lowest BCUT2D eigenvalue weighted by Crippen LogP contribution is -2.06. The first-order chi connectivity index (χ1) is 12.3. The fourth-order valence-electron chi connectivity index (χ4n) is 2.50. The van der Waals surface area contributed by atoms with E-state index >= 15 is 0 Å². The number of pyridine rings is 1. The summed E-state index contributed by atoms with van der Waals surface area (Å²) in [6.45, 7) is 1.88. The zero-order chi connectivity index (χ0) is 18.7. The third-order valence-electron chi connectivity index (χ3n) is 3.73. The van der Waals surface area contributed by atoms with Crippen LogP contribution in [0.1, 0.15) is 16.8 Å². The molecule has 0 aliphatic rings. The molecule has 1 aromatic carbocycles. The fourth-order valence-corrected chi connectivity index (χ4v) is 2.50. The van der Waals surface area contributed by atoms with Crippen LogP contribution in [-0.2, 0) is 12.7 Å². The number of aryl methyl sites for hydroxylation is 1. The van der Waals surface area contributed by atoms with Gasteiger partial charge in [0.05, 0.1) is 23.5 Å². The first-order valence-electron chi connectivity index (χ1n) is 7.73. The summed E-state index contributed by atoms with van der Waals surface area (Å²) in [5.41, 5.74) is 0.528. The van der Waals surface area contributed by atoms with Crippen LogP contribution in [-0.4, -0.2) is 20.3 Å². The van der Waals surface area contributed by atoms with Gasteiger partial charge in [0.15, 0.2) is 0 Å². The van der Waals surface area contributed by atoms with Crippen molar-refractivity contribution in [2.45, 2.75) is 19.6 Å². The molecule has 0 radical (unpaired) electrons. The quantitative estimate of drug-likeness (QED) is 0.730. The van der Waals surface area contributed by atoms with E-state index < -0.39 is 17.5 Å². The highest BCUT2D eigenvalue weighted by atomic mass is 19.4. The molecule has 0 amide bonds. The number of benzene rings is 1. The third kappa shape index (κ3) is 3.90. The summed E-state index contributed by atoms with van der Waals surface area (Å²) in [4.78, 5) is 4.13. The van der Waals surface area contributed by atoms with Gasteiger partial charge in [-0.2, -0.15) is 23.4 Å². The zero-order valence-electron chi connectivity index (χ0n) is 13.7. The maximum Gasteiger partial charge on any atom is 0.416 e. The van der Waals surface area contributed by atoms with Crippen molar-refractivity contribution in [2.75, 3.05) is 5.32 Å². The van der Waals surface area contributed by atoms with Gasteiger partial charge in [0, 0.05) is 11.8 Å². The number of halogens is 3. The van der Waals surface area contributed by atoms with Crippen molar-refractivity contribution in [3.05, 3.63) is 65.5 Å². The minimum absolute atomic E-state index is 0.231. The zero-order valence-corrected chi connectivity index (χ0v) is 13.7. The molecule has 5 nitrogen and oxygen atoms in total. The molecule has 0 unspecified atom stereocenters. The summed E-state index contributed by atoms with van der Waals surface area (Å²) in [5, 5.41) is 21.2. The minimum Gasteiger partial charge on any atom is -0.507 e. The highest BCUT2D eigenvalue weighted by Gasteiger charge is 2.32. The van der Waals surface area contributed by atoms with Crippen molar-refractivity contribution in [2.24, 2.45) is 0 Å². The normalized spacial score (nSPS) is 11.4. The number of phenols is 1. The number of anilines is 1. The lowest BCUT2D eigenvalue weighted by molar-refractivity contribution is -0.137. The van der Waals surface area contributed by atoms with Gasteiger partial charge in [-0.3, -0.25) is 0 Å². The van der Waals surface area contributed by atoms with Gasteiger partial charge in [-0.25, -0.2) is 4.98 Å². The molecule has 8 heteroatoms. The second-order valence-corrected chi connectivity index (χ2v) is 5.66. The van der Waals surface area contributed by atoms with Gasteiger partial charge in [0.25, 0.3) is 0 Å². The molecular weight excluding hydrogens is 345 g/mol. The maximum absolute atomic E-state index is 12.8. The Hall–Kier alpha value is -3.16. The van der Waals surface area contributed by atoms with Crippen molar-refractivity contribution >= 4 is 5.82 Å². The van der Waals surface area contributed by atoms with Crippen LogP contribution in [0.2, 0.25) is 0 Å². The fraction of sp³-hybridized carbons (Fsp3) is 0.167. The molecular formula is C18H15F3N4O. The van der Waals surface area contributed by atoms with Gasteiger partial charge < -0.3 is 10.4 Å². The summed E-state index contributed by atoms with van der Waals surface area (Å²) >= 11 is 0. The van der Waals surface area contributed by atoms with Crippen molar-refractivity contribution in [1.82, 2.24) is 15.2 Å². The van der Waals surface area contributed by atoms with Crippen molar-refractivity contribution in [1.29, 1.82) is 0 Å². The number of rotatable bonds is 4. The van der Waals surface area contributed by atoms with Crippen LogP contribution in [0.5, 0.6) is 5.75 Å². The maximum atomic E-state index is 12.8. The summed E-state index contributed by atoms with van der Waals surface area (Å²) in [6.07, 6.45) is -2.86. The van der Waals surface area contributed by atoms with Crippen molar-refractivity contribution in [3.63, 3.8) is 0 Å². The SMILES string of the molecule is Cc1cc(C(F)(F)F)cc(O)c1-c1ccc(CNc2ccccn2)nn1. The molecule has 0 fully saturated rings. The Kier molecular flexibility index (Phi) is 4.75. The van der Waals surface area contributed by atoms with Crippen LogP contribution < -0.4 is 5.32 Å². The minimum atomic E-state index is -4.52. The number of phenolic OH excluding ortho intramolecular Hbond substituents is 1. The average molecular weight is 360 g/mol. The first-order valence-corrected chi connectivity index (χ1v) is 7.73. The number of nitrogens with zero attached hydrogens (tertiary/aromatic N) is 3. The first kappa shape index (κ1) is 17.7. The second-order valence-electron chi connectivity index (χ2n) is 5.66. The van der Waals surface area contributed by atoms with Gasteiger partial charge in [-0.1, -0.05) is 6.07 Å². The lowest BCUT2D eigenvalue weighted by atomic mass is 10.0. The Morgan fingerprint density at radius 1 is 1.08 bits per heavy atom. The third-order valence-corrected chi connectivity index (χ3v) is 3.73. The van der Waals surface area contributed by atoms with E-state index in [9.17, 15) is 18.3 Å². The molecule has 0 saturated carbocycles. The van der Waals surface area contributed by atoms with E-state index in [1.807, 2.05) is 12.1 Å². The molecule has 0 atom stereocenters. The number of aromatic hydroxyl groups is 1. The van der Waals surface area contributed by atoms with Gasteiger partial charge >= 0.3 is 6.18 Å². The Balaban J connectivity index is 1.80. The Bertz CT molecular complexity index is 874. The molecule has 26 heavy (non-hydrogen) atoms. The standard InChI is InChI=1S/C18H15F3N4O/c1-11-8-12(18(19,20)21)9-15(26)17(11)14-6-5-13(24-25-14)10-23-16-4-2-3-7-22-16/h2-9,26H,10H2,1H3,(H,22,23). The van der Waals surface area contributed by atoms with E-state index in [1.165, 1.54) is 6.92 Å². The van der Waals surface area contributed by atoms with E-state index in [2.05, 4.69) is 20.5 Å². The predicted molar refractivity (Wildman–Crippen MR) is 90.4 cm³/mol. The van der Waals surface area contributed by atoms with E-state index in [-0.39, 0.29) is 11.1 Å². The molecule has 2 heterocycles. The number of hydrogen-bond donors (Lipinski definition) is 2. The molecule has 2 aromatic heterocycles. The average Bonchev–Trinajstić information content (AvgIpc) is 2.60. The second kappa shape index (κ2) is 6.99. The van der Waals surface area contributed by atoms with Crippen LogP contribution in [0, 0.1) is 6.92 Å². The van der Waals surface area contributed by atoms with Crippen LogP contribution in [0.25, 0.3) is 11.3 Å². The smallest absolute Gasteiger partial charge is 0.416 e. The summed E-state index contributed by atoms with van der Waals surface area (Å²) < 4.78 is 38.4. The predicted octanol–water partition coefficient (Wildman–Crippen LogP) is 4.18. The monoisotopic (exact) mass is 360 g/mol. The molecule has 0 aliphatic carbocycles. The molecule has 0 spiro atoms. The molecule has 0 aliphatic heterocycles. The molecule has 2 N–H and O–H groups in total. The molecule has 3 aromatic rings. The molecule has 0 bridgehead atoms. The summed E-state index contributed by atoms with van der Waals surface area (Å²) in [6, 6.07) is 10.4. The van der Waals surface area contributed by atoms with Gasteiger partial charge in [-0.05, 0) is 48.9 Å². The molecule has 134 valence electrons. The Morgan fingerprint density at radius 3 is 2.46 bits per heavy atom. The van der Waals surface area contributed by atoms with Crippen molar-refractivity contribution in [3.8, 4) is 17.0 Å². The van der Waals surface area contributed by atoms with E-state index in [4.69, 9.17) is 0 Å². The highest BCUT2D eigenvalue weighted by molar-refractivity contribution is 5.71. The van der Waals surface area contributed by atoms with E-state index in [0.29, 0.717) is 29.8 Å². The highest BCUT2D eigenvalue weighted by Crippen LogP contribution is 2.38. The summed E-state index contributed by atoms with van der Waals surface area (Å²) in [7, 11) is 0. The lowest BCUT2D eigenvalue weighted by Gasteiger charge is -2.13. The summed E-state index contributed by atoms with van der Waals surface area (Å²) in [5.74, 6) is 0.209. The topological polar surface area (TPSA) is 70.9 Å². The van der Waals surface area contributed by atoms with Crippen molar-refractivity contribution < 1.29 is 18.3 Å². The van der Waals surface area contributed by atoms with E-state index in [1.54, 1.807) is 24.4 Å².